The van der Waals surface area contributed by atoms with Crippen molar-refractivity contribution in [2.24, 2.45) is 11.8 Å². The molecule has 8 nitrogen and oxygen atoms in total. The Morgan fingerprint density at radius 3 is 2.66 bits per heavy atom. The van der Waals surface area contributed by atoms with Crippen molar-refractivity contribution in [2.45, 2.75) is 45.3 Å². The normalized spacial score (nSPS) is 17.6. The molecule has 2 rings (SSSR count). The van der Waals surface area contributed by atoms with E-state index in [-0.39, 0.29) is 18.3 Å². The summed E-state index contributed by atoms with van der Waals surface area (Å²) in [5.41, 5.74) is -0.868. The van der Waals surface area contributed by atoms with Crippen LogP contribution in [0.2, 0.25) is 0 Å². The highest BCUT2D eigenvalue weighted by Gasteiger charge is 2.37. The third-order valence-corrected chi connectivity index (χ3v) is 5.02. The van der Waals surface area contributed by atoms with Gasteiger partial charge in [0.25, 0.3) is 5.91 Å². The van der Waals surface area contributed by atoms with Gasteiger partial charge in [-0.3, -0.25) is 9.59 Å². The van der Waals surface area contributed by atoms with Crippen molar-refractivity contribution in [3.05, 3.63) is 23.9 Å². The maximum atomic E-state index is 13.3. The molecule has 2 heterocycles. The molecule has 1 N–H and O–H groups in total. The molecule has 2 atom stereocenters. The number of methoxy groups -OCH3 is 1. The van der Waals surface area contributed by atoms with E-state index in [4.69, 9.17) is 4.74 Å². The van der Waals surface area contributed by atoms with Gasteiger partial charge < -0.3 is 19.7 Å². The van der Waals surface area contributed by atoms with Gasteiger partial charge in [-0.05, 0) is 37.3 Å². The molecule has 0 aromatic carbocycles. The number of ether oxygens (including phenoxy) is 2. The van der Waals surface area contributed by atoms with Crippen molar-refractivity contribution < 1.29 is 37.0 Å². The summed E-state index contributed by atoms with van der Waals surface area (Å²) < 4.78 is 49.6. The van der Waals surface area contributed by atoms with Gasteiger partial charge in [0.1, 0.15) is 11.9 Å². The van der Waals surface area contributed by atoms with Crippen LogP contribution in [0.5, 0.6) is 0 Å². The summed E-state index contributed by atoms with van der Waals surface area (Å²) in [4.78, 5) is 41.7. The summed E-state index contributed by atoms with van der Waals surface area (Å²) in [7, 11) is 1.21. The van der Waals surface area contributed by atoms with Crippen LogP contribution in [-0.4, -0.2) is 55.7 Å². The number of esters is 2. The predicted molar refractivity (Wildman–Crippen MR) is 109 cm³/mol. The van der Waals surface area contributed by atoms with E-state index in [9.17, 15) is 27.6 Å². The van der Waals surface area contributed by atoms with E-state index in [0.717, 1.165) is 6.07 Å². The van der Waals surface area contributed by atoms with E-state index in [1.165, 1.54) is 24.3 Å². The number of nitrogens with zero attached hydrogens (tertiary/aromatic N) is 2. The van der Waals surface area contributed by atoms with Gasteiger partial charge in [0, 0.05) is 19.3 Å². The number of alkyl halides is 3. The molecule has 1 aliphatic heterocycles. The molecule has 1 amide bonds. The molecule has 178 valence electrons. The number of piperidine rings is 1. The number of hydrogen-bond donors (Lipinski definition) is 1. The van der Waals surface area contributed by atoms with E-state index in [1.54, 1.807) is 0 Å². The van der Waals surface area contributed by atoms with Gasteiger partial charge in [-0.1, -0.05) is 13.8 Å². The minimum absolute atomic E-state index is 0.00131. The van der Waals surface area contributed by atoms with Crippen LogP contribution in [-0.2, 0) is 30.0 Å². The monoisotopic (exact) mass is 459 g/mol. The van der Waals surface area contributed by atoms with Gasteiger partial charge in [-0.15, -0.1) is 0 Å². The fourth-order valence-corrected chi connectivity index (χ4v) is 3.55. The average molecular weight is 459 g/mol. The molecule has 0 saturated carbocycles. The first kappa shape index (κ1) is 25.4. The second-order valence-electron chi connectivity index (χ2n) is 8.04. The molecule has 0 spiro atoms. The number of hydrogen-bond acceptors (Lipinski definition) is 7. The fourth-order valence-electron chi connectivity index (χ4n) is 3.55. The number of pyridine rings is 1. The second kappa shape index (κ2) is 11.1. The first-order valence-corrected chi connectivity index (χ1v) is 10.3. The zero-order chi connectivity index (χ0) is 23.9. The molecule has 32 heavy (non-hydrogen) atoms. The molecule has 1 saturated heterocycles. The van der Waals surface area contributed by atoms with Crippen LogP contribution >= 0.6 is 0 Å². The van der Waals surface area contributed by atoms with Gasteiger partial charge in [0.15, 0.2) is 6.61 Å². The predicted octanol–water partition coefficient (Wildman–Crippen LogP) is 2.56. The zero-order valence-corrected chi connectivity index (χ0v) is 18.3. The van der Waals surface area contributed by atoms with Gasteiger partial charge >= 0.3 is 18.1 Å². The summed E-state index contributed by atoms with van der Waals surface area (Å²) in [5.74, 6) is -2.77. The molecule has 11 heteroatoms. The molecular weight excluding hydrogens is 431 g/mol. The minimum Gasteiger partial charge on any atom is -0.467 e. The Morgan fingerprint density at radius 1 is 1.31 bits per heavy atom. The molecule has 2 unspecified atom stereocenters. The van der Waals surface area contributed by atoms with Crippen molar-refractivity contribution in [1.29, 1.82) is 0 Å². The minimum atomic E-state index is -4.57. The molecule has 1 fully saturated rings. The Kier molecular flexibility index (Phi) is 8.85. The smallest absolute Gasteiger partial charge is 0.419 e. The molecule has 1 aromatic heterocycles. The van der Waals surface area contributed by atoms with Crippen LogP contribution in [0.25, 0.3) is 0 Å². The zero-order valence-electron chi connectivity index (χ0n) is 18.3. The van der Waals surface area contributed by atoms with E-state index < -0.39 is 48.2 Å². The van der Waals surface area contributed by atoms with Crippen LogP contribution < -0.4 is 10.2 Å². The number of carbonyl (C=O) groups excluding carboxylic acids is 3. The Hall–Kier alpha value is -2.85. The maximum absolute atomic E-state index is 13.3. The Balaban J connectivity index is 1.95. The topological polar surface area (TPSA) is 97.8 Å². The van der Waals surface area contributed by atoms with Crippen molar-refractivity contribution >= 4 is 23.7 Å². The summed E-state index contributed by atoms with van der Waals surface area (Å²) in [6.07, 6.45) is -2.05. The lowest BCUT2D eigenvalue weighted by Gasteiger charge is -2.33. The number of aromatic nitrogens is 1. The van der Waals surface area contributed by atoms with Crippen LogP contribution in [0.1, 0.15) is 38.7 Å². The lowest BCUT2D eigenvalue weighted by atomic mass is 9.97. The summed E-state index contributed by atoms with van der Waals surface area (Å²) in [6.45, 7) is 3.48. The summed E-state index contributed by atoms with van der Waals surface area (Å²) in [6, 6.07) is 1.30. The third kappa shape index (κ3) is 7.10. The van der Waals surface area contributed by atoms with Crippen LogP contribution in [0.15, 0.2) is 18.3 Å². The molecule has 0 bridgehead atoms. The molecule has 0 aliphatic carbocycles. The van der Waals surface area contributed by atoms with Crippen molar-refractivity contribution in [2.75, 3.05) is 31.7 Å². The third-order valence-electron chi connectivity index (χ3n) is 5.02. The number of carbonyl (C=O) groups is 3. The fraction of sp³-hybridized carbons (Fsp3) is 0.619. The average Bonchev–Trinajstić information content (AvgIpc) is 2.75. The second-order valence-corrected chi connectivity index (χ2v) is 8.04. The molecule has 1 aliphatic rings. The SMILES string of the molecule is COC(=O)C(CC(C)C)NC(=O)COC(=O)C1CCCN(c2ncccc2C(F)(F)F)C1. The van der Waals surface area contributed by atoms with Crippen LogP contribution in [0, 0.1) is 11.8 Å². The van der Waals surface area contributed by atoms with Crippen LogP contribution in [0.4, 0.5) is 19.0 Å². The lowest BCUT2D eigenvalue weighted by molar-refractivity contribution is -0.153. The summed E-state index contributed by atoms with van der Waals surface area (Å²) >= 11 is 0. The van der Waals surface area contributed by atoms with E-state index in [1.807, 2.05) is 13.8 Å². The first-order valence-electron chi connectivity index (χ1n) is 10.3. The Bertz CT molecular complexity index is 816. The Morgan fingerprint density at radius 2 is 2.03 bits per heavy atom. The van der Waals surface area contributed by atoms with Crippen molar-refractivity contribution in [3.8, 4) is 0 Å². The van der Waals surface area contributed by atoms with Gasteiger partial charge in [0.05, 0.1) is 18.6 Å². The van der Waals surface area contributed by atoms with E-state index >= 15 is 0 Å². The number of halogens is 3. The number of amides is 1. The van der Waals surface area contributed by atoms with Gasteiger partial charge in [-0.2, -0.15) is 13.2 Å². The first-order chi connectivity index (χ1) is 15.0. The van der Waals surface area contributed by atoms with Crippen LogP contribution in [0.3, 0.4) is 0 Å². The molecular formula is C21H28F3N3O5. The molecule has 0 radical (unpaired) electrons. The Labute approximate surface area is 184 Å². The van der Waals surface area contributed by atoms with E-state index in [2.05, 4.69) is 15.0 Å². The lowest BCUT2D eigenvalue weighted by Crippen LogP contribution is -2.45. The number of nitrogens with one attached hydrogen (secondary N) is 1. The summed E-state index contributed by atoms with van der Waals surface area (Å²) in [5, 5.41) is 2.48. The van der Waals surface area contributed by atoms with E-state index in [0.29, 0.717) is 25.8 Å². The number of rotatable bonds is 8. The standard InChI is InChI=1S/C21H28F3N3O5/c1-13(2)10-16(20(30)31-3)26-17(28)12-32-19(29)14-6-5-9-27(11-14)18-15(21(22,23)24)7-4-8-25-18/h4,7-8,13-14,16H,5-6,9-12H2,1-3H3,(H,26,28). The maximum Gasteiger partial charge on any atom is 0.419 e. The number of anilines is 1. The quantitative estimate of drug-likeness (QED) is 0.597. The highest BCUT2D eigenvalue weighted by Crippen LogP contribution is 2.36. The highest BCUT2D eigenvalue weighted by molar-refractivity contribution is 5.86. The van der Waals surface area contributed by atoms with Gasteiger partial charge in [0.2, 0.25) is 0 Å². The van der Waals surface area contributed by atoms with Crippen molar-refractivity contribution in [1.82, 2.24) is 10.3 Å². The van der Waals surface area contributed by atoms with Crippen molar-refractivity contribution in [3.63, 3.8) is 0 Å². The highest BCUT2D eigenvalue weighted by atomic mass is 19.4. The molecule has 1 aromatic rings. The van der Waals surface area contributed by atoms with Gasteiger partial charge in [-0.25, -0.2) is 9.78 Å². The largest absolute Gasteiger partial charge is 0.467 e.